The number of carbonyl (C=O) groups excluding carboxylic acids is 2. The van der Waals surface area contributed by atoms with E-state index in [-0.39, 0.29) is 49.2 Å². The average Bonchev–Trinajstić information content (AvgIpc) is 3.56. The molecule has 2 fully saturated rings. The molecule has 11 N–H and O–H groups in total. The van der Waals surface area contributed by atoms with Crippen molar-refractivity contribution in [1.29, 1.82) is 5.41 Å². The maximum absolute atomic E-state index is 12.9. The summed E-state index contributed by atoms with van der Waals surface area (Å²) in [6.07, 6.45) is 2.78. The summed E-state index contributed by atoms with van der Waals surface area (Å²) < 4.78 is 21.8. The lowest BCUT2D eigenvalue weighted by atomic mass is 9.84. The van der Waals surface area contributed by atoms with E-state index in [2.05, 4.69) is 20.8 Å². The maximum Gasteiger partial charge on any atom is 0.290 e. The Morgan fingerprint density at radius 1 is 1.29 bits per heavy atom. The van der Waals surface area contributed by atoms with Gasteiger partial charge in [-0.2, -0.15) is 9.35 Å². The van der Waals surface area contributed by atoms with Crippen LogP contribution in [0.5, 0.6) is 5.75 Å². The molecule has 234 valence electrons. The average molecular weight is 649 g/mol. The number of hydrogen-bond donors (Lipinski definition) is 9. The standard InChI is InChI=1S/C18H25N7O6S3.C4H9N.CH2O2/c1-18(2)14(17(27)25(18)31-34-28)22-16(26)13(12(9-32)24-33-21)23-30-8-7-29-11-5-3-10(4-6-11)15(19)20;1-2-4-5-3-1;2-1-3/h3-6,9,14,23-24,28H,7-8,21H2,1-2H3,(H3,19,20)(H,22,26);5H,1-4H2;1H,(H,2,3)/b13-12-;;/t14-;;/m1../s1. The van der Waals surface area contributed by atoms with Crippen molar-refractivity contribution in [3.05, 3.63) is 41.2 Å². The highest BCUT2D eigenvalue weighted by Gasteiger charge is 2.57. The molecule has 0 bridgehead atoms. The smallest absolute Gasteiger partial charge is 0.290 e. The third kappa shape index (κ3) is 11.6. The van der Waals surface area contributed by atoms with E-state index in [9.17, 15) is 9.59 Å². The van der Waals surface area contributed by atoms with Crippen molar-refractivity contribution in [2.45, 2.75) is 38.3 Å². The van der Waals surface area contributed by atoms with Crippen LogP contribution in [0, 0.1) is 5.41 Å². The summed E-state index contributed by atoms with van der Waals surface area (Å²) in [6, 6.07) is 5.70. The quantitative estimate of drug-likeness (QED) is 0.0127. The minimum atomic E-state index is -0.929. The van der Waals surface area contributed by atoms with Gasteiger partial charge in [-0.05, 0) is 64.0 Å². The molecule has 2 heterocycles. The van der Waals surface area contributed by atoms with E-state index in [0.717, 1.165) is 5.06 Å². The highest BCUT2D eigenvalue weighted by atomic mass is 32.2. The van der Waals surface area contributed by atoms with E-state index >= 15 is 0 Å². The Bertz CT molecular complexity index is 1070. The van der Waals surface area contributed by atoms with E-state index in [1.807, 2.05) is 0 Å². The summed E-state index contributed by atoms with van der Waals surface area (Å²) in [7, 11) is 0. The summed E-state index contributed by atoms with van der Waals surface area (Å²) in [5.74, 6) is -0.744. The molecule has 2 amide bonds. The van der Waals surface area contributed by atoms with Gasteiger partial charge in [0.05, 0.1) is 11.2 Å². The SMILES string of the molecule is C1CCNC1.CC1(C)[C@H](NC(=O)/C(NOCCOc2ccc(C(=N)N)cc2)=C(\C=S)NSN)C(=O)N1OSO.O=CO. The Morgan fingerprint density at radius 2 is 1.90 bits per heavy atom. The van der Waals surface area contributed by atoms with Crippen LogP contribution in [-0.4, -0.2) is 82.1 Å². The highest BCUT2D eigenvalue weighted by Crippen LogP contribution is 2.33. The van der Waals surface area contributed by atoms with Gasteiger partial charge in [-0.1, -0.05) is 12.2 Å². The molecule has 2 aliphatic heterocycles. The summed E-state index contributed by atoms with van der Waals surface area (Å²) in [5.41, 5.74) is 7.60. The summed E-state index contributed by atoms with van der Waals surface area (Å²) in [4.78, 5) is 38.9. The highest BCUT2D eigenvalue weighted by molar-refractivity contribution is 7.95. The molecule has 3 rings (SSSR count). The number of nitrogens with zero attached hydrogens (tertiary/aromatic N) is 1. The van der Waals surface area contributed by atoms with Crippen LogP contribution in [0.4, 0.5) is 0 Å². The van der Waals surface area contributed by atoms with E-state index in [1.54, 1.807) is 38.1 Å². The first-order valence-electron chi connectivity index (χ1n) is 12.3. The van der Waals surface area contributed by atoms with Gasteiger partial charge in [-0.15, -0.1) is 0 Å². The second-order valence-corrected chi connectivity index (χ2v) is 9.74. The van der Waals surface area contributed by atoms with Gasteiger partial charge in [-0.3, -0.25) is 35.2 Å². The van der Waals surface area contributed by atoms with Gasteiger partial charge >= 0.3 is 0 Å². The maximum atomic E-state index is 12.9. The van der Waals surface area contributed by atoms with Gasteiger partial charge < -0.3 is 35.5 Å². The molecule has 2 aliphatic rings. The van der Waals surface area contributed by atoms with Gasteiger partial charge in [0.2, 0.25) is 0 Å². The van der Waals surface area contributed by atoms with Crippen LogP contribution in [0.25, 0.3) is 0 Å². The topological polar surface area (TPSA) is 247 Å². The number of hydroxylamine groups is 3. The number of benzene rings is 1. The van der Waals surface area contributed by atoms with Crippen molar-refractivity contribution in [1.82, 2.24) is 25.9 Å². The first-order chi connectivity index (χ1) is 20.1. The number of amidine groups is 1. The number of nitrogen functional groups attached to an aromatic ring is 1. The molecule has 1 aromatic carbocycles. The predicted molar refractivity (Wildman–Crippen MR) is 163 cm³/mol. The molecule has 0 aliphatic carbocycles. The molecule has 16 nitrogen and oxygen atoms in total. The first-order valence-corrected chi connectivity index (χ1v) is 14.3. The molecule has 19 heteroatoms. The summed E-state index contributed by atoms with van der Waals surface area (Å²) >= 11 is 5.68. The van der Waals surface area contributed by atoms with Crippen molar-refractivity contribution in [3.8, 4) is 5.75 Å². The number of rotatable bonds is 14. The number of carbonyl (C=O) groups is 3. The van der Waals surface area contributed by atoms with Crippen molar-refractivity contribution < 1.29 is 37.9 Å². The van der Waals surface area contributed by atoms with Gasteiger partial charge in [-0.25, -0.2) is 0 Å². The predicted octanol–water partition coefficient (Wildman–Crippen LogP) is 0.422. The molecule has 0 spiro atoms. The number of carboxylic acid groups (broad SMARTS) is 1. The third-order valence-electron chi connectivity index (χ3n) is 5.59. The Hall–Kier alpha value is -3.17. The lowest BCUT2D eigenvalue weighted by Crippen LogP contribution is -2.76. The van der Waals surface area contributed by atoms with Crippen molar-refractivity contribution >= 4 is 66.2 Å². The second-order valence-electron chi connectivity index (χ2n) is 8.77. The fourth-order valence-corrected chi connectivity index (χ4v) is 4.34. The third-order valence-corrected chi connectivity index (χ3v) is 6.38. The Balaban J connectivity index is 0.000000958. The second kappa shape index (κ2) is 19.9. The number of thiocarbonyl (C=S) groups is 1. The van der Waals surface area contributed by atoms with E-state index in [0.29, 0.717) is 23.4 Å². The summed E-state index contributed by atoms with van der Waals surface area (Å²) in [5, 5.41) is 27.6. The largest absolute Gasteiger partial charge is 0.491 e. The van der Waals surface area contributed by atoms with Gasteiger partial charge in [0.25, 0.3) is 18.3 Å². The van der Waals surface area contributed by atoms with Crippen LogP contribution in [0.3, 0.4) is 0 Å². The normalized spacial score (nSPS) is 17.1. The van der Waals surface area contributed by atoms with Crippen LogP contribution >= 0.6 is 36.7 Å². The molecule has 0 unspecified atom stereocenters. The molecule has 1 aromatic rings. The lowest BCUT2D eigenvalue weighted by molar-refractivity contribution is -0.214. The zero-order chi connectivity index (χ0) is 31.5. The van der Waals surface area contributed by atoms with Crippen molar-refractivity contribution in [3.63, 3.8) is 0 Å². The minimum Gasteiger partial charge on any atom is -0.491 e. The Labute approximate surface area is 257 Å². The first kappa shape index (κ1) is 36.9. The van der Waals surface area contributed by atoms with Crippen LogP contribution in [0.1, 0.15) is 32.3 Å². The van der Waals surface area contributed by atoms with Gasteiger partial charge in [0, 0.05) is 23.1 Å². The Morgan fingerprint density at radius 3 is 2.36 bits per heavy atom. The zero-order valence-electron chi connectivity index (χ0n) is 23.0. The molecule has 1 atom stereocenters. The van der Waals surface area contributed by atoms with E-state index in [1.165, 1.54) is 31.3 Å². The number of hydrogen-bond acceptors (Lipinski definition) is 15. The van der Waals surface area contributed by atoms with Crippen LogP contribution < -0.4 is 36.4 Å². The monoisotopic (exact) mass is 648 g/mol. The molecule has 0 aromatic heterocycles. The minimum absolute atomic E-state index is 0.0283. The number of β-lactam (4-membered cyclic amide) rings is 1. The lowest BCUT2D eigenvalue weighted by Gasteiger charge is -2.50. The van der Waals surface area contributed by atoms with Crippen LogP contribution in [0.15, 0.2) is 35.7 Å². The van der Waals surface area contributed by atoms with Gasteiger partial charge in [0.1, 0.15) is 30.8 Å². The van der Waals surface area contributed by atoms with Crippen LogP contribution in [-0.2, 0) is 23.5 Å². The molecular formula is C23H36N8O8S3. The van der Waals surface area contributed by atoms with Crippen LogP contribution in [0.2, 0.25) is 0 Å². The molecular weight excluding hydrogens is 613 g/mol. The molecule has 42 heavy (non-hydrogen) atoms. The van der Waals surface area contributed by atoms with E-state index in [4.69, 9.17) is 56.8 Å². The van der Waals surface area contributed by atoms with Crippen molar-refractivity contribution in [2.75, 3.05) is 26.3 Å². The fourth-order valence-electron chi connectivity index (χ4n) is 3.46. The number of nitrogens with one attached hydrogen (secondary N) is 5. The molecule has 0 saturated carbocycles. The Kier molecular flexibility index (Phi) is 17.4. The zero-order valence-corrected chi connectivity index (χ0v) is 25.4. The number of allylic oxidation sites excluding steroid dienone is 1. The summed E-state index contributed by atoms with van der Waals surface area (Å²) in [6.45, 7) is 5.72. The number of nitrogens with two attached hydrogens (primary N) is 2. The fraction of sp³-hybridized carbons (Fsp3) is 0.435. The van der Waals surface area contributed by atoms with Gasteiger partial charge in [0.15, 0.2) is 18.0 Å². The molecule has 0 radical (unpaired) electrons. The molecule has 2 saturated heterocycles. The number of amides is 2. The van der Waals surface area contributed by atoms with Crippen molar-refractivity contribution in [2.24, 2.45) is 10.9 Å². The number of ether oxygens (including phenoxy) is 1. The van der Waals surface area contributed by atoms with E-state index < -0.39 is 23.4 Å².